The molecular formula is C19H17F2NO5S. The van der Waals surface area contributed by atoms with Crippen molar-refractivity contribution >= 4 is 20.8 Å². The van der Waals surface area contributed by atoms with Gasteiger partial charge in [-0.05, 0) is 24.3 Å². The molecule has 1 aliphatic heterocycles. The third-order valence-electron chi connectivity index (χ3n) is 4.62. The molecule has 2 heterocycles. The Morgan fingerprint density at radius 3 is 2.75 bits per heavy atom. The van der Waals surface area contributed by atoms with Gasteiger partial charge in [0.15, 0.2) is 11.3 Å². The Bertz CT molecular complexity index is 1140. The van der Waals surface area contributed by atoms with E-state index in [1.807, 2.05) is 0 Å². The van der Waals surface area contributed by atoms with Crippen LogP contribution >= 0.6 is 0 Å². The van der Waals surface area contributed by atoms with Crippen LogP contribution in [0, 0.1) is 0 Å². The molecule has 0 fully saturated rings. The van der Waals surface area contributed by atoms with Crippen LogP contribution in [0.2, 0.25) is 0 Å². The van der Waals surface area contributed by atoms with Crippen LogP contribution in [0.3, 0.4) is 0 Å². The number of rotatable bonds is 5. The van der Waals surface area contributed by atoms with Gasteiger partial charge in [-0.15, -0.1) is 0 Å². The molecule has 0 atom stereocenters. The van der Waals surface area contributed by atoms with Gasteiger partial charge in [0.2, 0.25) is 9.84 Å². The summed E-state index contributed by atoms with van der Waals surface area (Å²) in [5.74, 6) is 0.869. The van der Waals surface area contributed by atoms with E-state index >= 15 is 0 Å². The number of hydrogen-bond acceptors (Lipinski definition) is 6. The summed E-state index contributed by atoms with van der Waals surface area (Å²) >= 11 is 0. The third-order valence-corrected chi connectivity index (χ3v) is 6.35. The van der Waals surface area contributed by atoms with Crippen molar-refractivity contribution in [2.45, 2.75) is 29.4 Å². The lowest BCUT2D eigenvalue weighted by Gasteiger charge is -2.11. The second-order valence-electron chi connectivity index (χ2n) is 6.29. The van der Waals surface area contributed by atoms with Gasteiger partial charge >= 0.3 is 6.61 Å². The highest BCUT2D eigenvalue weighted by Crippen LogP contribution is 2.38. The third kappa shape index (κ3) is 3.20. The molecule has 3 aromatic rings. The van der Waals surface area contributed by atoms with Crippen molar-refractivity contribution in [2.75, 3.05) is 13.7 Å². The van der Waals surface area contributed by atoms with Crippen LogP contribution in [-0.2, 0) is 22.8 Å². The van der Waals surface area contributed by atoms with Gasteiger partial charge in [-0.2, -0.15) is 8.78 Å². The predicted octanol–water partition coefficient (Wildman–Crippen LogP) is 3.52. The van der Waals surface area contributed by atoms with E-state index in [4.69, 9.17) is 9.15 Å². The number of furan rings is 1. The molecule has 148 valence electrons. The monoisotopic (exact) mass is 409 g/mol. The van der Waals surface area contributed by atoms with Crippen LogP contribution in [-0.4, -0.2) is 28.7 Å². The van der Waals surface area contributed by atoms with Crippen LogP contribution in [0.15, 0.2) is 50.6 Å². The Labute approximate surface area is 160 Å². The number of halogens is 2. The molecule has 1 N–H and O–H groups in total. The summed E-state index contributed by atoms with van der Waals surface area (Å²) in [6.45, 7) is -1.71. The Morgan fingerprint density at radius 1 is 1.18 bits per heavy atom. The second-order valence-corrected chi connectivity index (χ2v) is 8.24. The Kier molecular flexibility index (Phi) is 4.72. The Morgan fingerprint density at radius 2 is 2.00 bits per heavy atom. The average Bonchev–Trinajstić information content (AvgIpc) is 3.05. The molecule has 28 heavy (non-hydrogen) atoms. The van der Waals surface area contributed by atoms with E-state index < -0.39 is 16.4 Å². The van der Waals surface area contributed by atoms with E-state index in [1.54, 1.807) is 0 Å². The maximum Gasteiger partial charge on any atom is 0.387 e. The maximum absolute atomic E-state index is 13.1. The predicted molar refractivity (Wildman–Crippen MR) is 96.7 cm³/mol. The van der Waals surface area contributed by atoms with E-state index in [9.17, 15) is 17.2 Å². The topological polar surface area (TPSA) is 77.8 Å². The molecule has 9 heteroatoms. The first kappa shape index (κ1) is 18.7. The Hall–Kier alpha value is -2.65. The van der Waals surface area contributed by atoms with Crippen molar-refractivity contribution in [1.29, 1.82) is 0 Å². The van der Waals surface area contributed by atoms with Crippen molar-refractivity contribution in [3.05, 3.63) is 47.7 Å². The average molecular weight is 409 g/mol. The van der Waals surface area contributed by atoms with E-state index in [0.29, 0.717) is 29.7 Å². The molecule has 0 unspecified atom stereocenters. The van der Waals surface area contributed by atoms with E-state index in [-0.39, 0.29) is 15.5 Å². The van der Waals surface area contributed by atoms with E-state index in [0.717, 1.165) is 23.9 Å². The number of alkyl halides is 2. The summed E-state index contributed by atoms with van der Waals surface area (Å²) in [6, 6.07) is 7.93. The van der Waals surface area contributed by atoms with E-state index in [2.05, 4.69) is 10.1 Å². The highest BCUT2D eigenvalue weighted by molar-refractivity contribution is 7.91. The zero-order valence-corrected chi connectivity index (χ0v) is 15.7. The molecule has 1 aliphatic rings. The zero-order chi connectivity index (χ0) is 19.9. The highest BCUT2D eigenvalue weighted by atomic mass is 32.2. The summed E-state index contributed by atoms with van der Waals surface area (Å²) in [6.07, 6.45) is 0.697. The fourth-order valence-electron chi connectivity index (χ4n) is 3.31. The molecule has 0 radical (unpaired) electrons. The van der Waals surface area contributed by atoms with Gasteiger partial charge in [0.1, 0.15) is 11.5 Å². The first-order valence-electron chi connectivity index (χ1n) is 8.53. The smallest absolute Gasteiger partial charge is 0.387 e. The van der Waals surface area contributed by atoms with Crippen LogP contribution in [0.5, 0.6) is 11.5 Å². The summed E-state index contributed by atoms with van der Waals surface area (Å²) in [5.41, 5.74) is 1.39. The standard InChI is InChI=1S/C19H17F2NO5S/c1-25-17-9-13(8-14-15-10-22-6-5-16(15)27-18(14)17)28(23,24)12-4-2-3-11(7-12)26-19(20)21/h2-4,7-9,19,22H,5-6,10H2,1H3. The van der Waals surface area contributed by atoms with Gasteiger partial charge in [-0.3, -0.25) is 0 Å². The fourth-order valence-corrected chi connectivity index (χ4v) is 4.65. The molecule has 0 spiro atoms. The lowest BCUT2D eigenvalue weighted by Crippen LogP contribution is -2.22. The molecule has 1 aromatic heterocycles. The minimum absolute atomic E-state index is 0.0137. The molecule has 4 rings (SSSR count). The number of nitrogens with one attached hydrogen (secondary N) is 1. The molecule has 0 bridgehead atoms. The molecule has 0 saturated carbocycles. The lowest BCUT2D eigenvalue weighted by molar-refractivity contribution is -0.0499. The SMILES string of the molecule is COc1cc(S(=O)(=O)c2cccc(OC(F)F)c2)cc2c3c(oc12)CCNC3. The highest BCUT2D eigenvalue weighted by Gasteiger charge is 2.26. The zero-order valence-electron chi connectivity index (χ0n) is 14.9. The van der Waals surface area contributed by atoms with Gasteiger partial charge in [0, 0.05) is 36.5 Å². The molecule has 0 saturated heterocycles. The number of benzene rings is 2. The van der Waals surface area contributed by atoms with Gasteiger partial charge in [-0.1, -0.05) is 6.07 Å². The molecule has 0 aliphatic carbocycles. The van der Waals surface area contributed by atoms with Crippen molar-refractivity contribution in [1.82, 2.24) is 5.32 Å². The number of fused-ring (bicyclic) bond motifs is 3. The van der Waals surface area contributed by atoms with Gasteiger partial charge in [0.05, 0.1) is 16.9 Å². The first-order valence-corrected chi connectivity index (χ1v) is 10.0. The number of sulfone groups is 1. The normalized spacial score (nSPS) is 14.3. The summed E-state index contributed by atoms with van der Waals surface area (Å²) < 4.78 is 66.7. The fraction of sp³-hybridized carbons (Fsp3) is 0.263. The van der Waals surface area contributed by atoms with Crippen LogP contribution in [0.4, 0.5) is 8.78 Å². The number of ether oxygens (including phenoxy) is 2. The summed E-state index contributed by atoms with van der Waals surface area (Å²) in [7, 11) is -2.56. The summed E-state index contributed by atoms with van der Waals surface area (Å²) in [4.78, 5) is -0.164. The van der Waals surface area contributed by atoms with Gasteiger partial charge in [-0.25, -0.2) is 8.42 Å². The number of hydrogen-bond donors (Lipinski definition) is 1. The van der Waals surface area contributed by atoms with Gasteiger partial charge < -0.3 is 19.2 Å². The van der Waals surface area contributed by atoms with Crippen molar-refractivity contribution < 1.29 is 31.1 Å². The van der Waals surface area contributed by atoms with Crippen molar-refractivity contribution in [2.24, 2.45) is 0 Å². The maximum atomic E-state index is 13.1. The summed E-state index contributed by atoms with van der Waals surface area (Å²) in [5, 5.41) is 3.89. The molecule has 0 amide bonds. The molecule has 6 nitrogen and oxygen atoms in total. The van der Waals surface area contributed by atoms with Gasteiger partial charge in [0.25, 0.3) is 0 Å². The van der Waals surface area contributed by atoms with Crippen LogP contribution in [0.1, 0.15) is 11.3 Å². The molecular weight excluding hydrogens is 392 g/mol. The Balaban J connectivity index is 1.86. The van der Waals surface area contributed by atoms with E-state index in [1.165, 1.54) is 37.4 Å². The largest absolute Gasteiger partial charge is 0.493 e. The first-order chi connectivity index (χ1) is 13.4. The number of methoxy groups -OCH3 is 1. The second kappa shape index (κ2) is 7.06. The quantitative estimate of drug-likeness (QED) is 0.695. The van der Waals surface area contributed by atoms with Crippen LogP contribution in [0.25, 0.3) is 11.0 Å². The van der Waals surface area contributed by atoms with Crippen LogP contribution < -0.4 is 14.8 Å². The van der Waals surface area contributed by atoms with Crippen molar-refractivity contribution in [3.8, 4) is 11.5 Å². The minimum Gasteiger partial charge on any atom is -0.493 e. The molecule has 2 aromatic carbocycles. The van der Waals surface area contributed by atoms with Crippen molar-refractivity contribution in [3.63, 3.8) is 0 Å². The lowest BCUT2D eigenvalue weighted by atomic mass is 10.1. The minimum atomic E-state index is -3.99.